The summed E-state index contributed by atoms with van der Waals surface area (Å²) in [5, 5.41) is 0. The van der Waals surface area contributed by atoms with Crippen LogP contribution in [0.1, 0.15) is 33.1 Å². The quantitative estimate of drug-likeness (QED) is 0.566. The molecule has 0 spiro atoms. The Balaban J connectivity index is 2.22. The fraction of sp³-hybridized carbons (Fsp3) is 0.538. The van der Waals surface area contributed by atoms with Gasteiger partial charge in [0.05, 0.1) is 0 Å². The minimum Gasteiger partial charge on any atom is -0.0770 e. The minimum absolute atomic E-state index is 0.672. The molecule has 13 heavy (non-hydrogen) atoms. The largest absolute Gasteiger partial charge is 0.0770 e. The van der Waals surface area contributed by atoms with Gasteiger partial charge in [0.1, 0.15) is 0 Å². The van der Waals surface area contributed by atoms with E-state index in [4.69, 9.17) is 0 Å². The first-order valence-corrected chi connectivity index (χ1v) is 5.37. The van der Waals surface area contributed by atoms with Crippen LogP contribution in [0, 0.1) is 11.8 Å². The molecule has 70 valence electrons. The van der Waals surface area contributed by atoms with E-state index in [1.54, 1.807) is 5.57 Å². The summed E-state index contributed by atoms with van der Waals surface area (Å²) in [5.41, 5.74) is 3.08. The van der Waals surface area contributed by atoms with Crippen LogP contribution in [0.15, 0.2) is 35.5 Å². The minimum atomic E-state index is 0.672. The lowest BCUT2D eigenvalue weighted by Crippen LogP contribution is -2.09. The van der Waals surface area contributed by atoms with Crippen molar-refractivity contribution in [2.75, 3.05) is 0 Å². The molecule has 0 aromatic rings. The lowest BCUT2D eigenvalue weighted by atomic mass is 9.82. The third-order valence-corrected chi connectivity index (χ3v) is 3.05. The van der Waals surface area contributed by atoms with Gasteiger partial charge in [-0.1, -0.05) is 38.2 Å². The smallest absolute Gasteiger partial charge is 0.00211 e. The SMILES string of the molecule is CC(C)C1C=CC2=CCCCC2=C1. The topological polar surface area (TPSA) is 0 Å². The Bertz CT molecular complexity index is 276. The Morgan fingerprint density at radius 1 is 1.38 bits per heavy atom. The molecule has 0 fully saturated rings. The molecule has 2 rings (SSSR count). The lowest BCUT2D eigenvalue weighted by molar-refractivity contribution is 0.542. The summed E-state index contributed by atoms with van der Waals surface area (Å²) in [7, 11) is 0. The number of hydrogen-bond acceptors (Lipinski definition) is 0. The molecule has 0 radical (unpaired) electrons. The predicted octanol–water partition coefficient (Wildman–Crippen LogP) is 3.87. The van der Waals surface area contributed by atoms with E-state index in [0.717, 1.165) is 5.92 Å². The van der Waals surface area contributed by atoms with Crippen LogP contribution < -0.4 is 0 Å². The van der Waals surface area contributed by atoms with Crippen molar-refractivity contribution in [1.29, 1.82) is 0 Å². The summed E-state index contributed by atoms with van der Waals surface area (Å²) >= 11 is 0. The Morgan fingerprint density at radius 3 is 3.00 bits per heavy atom. The molecule has 0 saturated heterocycles. The van der Waals surface area contributed by atoms with Crippen LogP contribution in [0.25, 0.3) is 0 Å². The second-order valence-electron chi connectivity index (χ2n) is 4.42. The van der Waals surface area contributed by atoms with Gasteiger partial charge in [-0.25, -0.2) is 0 Å². The van der Waals surface area contributed by atoms with Crippen molar-refractivity contribution in [3.63, 3.8) is 0 Å². The zero-order chi connectivity index (χ0) is 9.26. The van der Waals surface area contributed by atoms with Gasteiger partial charge in [-0.3, -0.25) is 0 Å². The van der Waals surface area contributed by atoms with E-state index in [9.17, 15) is 0 Å². The monoisotopic (exact) mass is 174 g/mol. The summed E-state index contributed by atoms with van der Waals surface area (Å²) in [4.78, 5) is 0. The molecule has 2 aliphatic carbocycles. The van der Waals surface area contributed by atoms with Gasteiger partial charge in [-0.05, 0) is 42.2 Å². The van der Waals surface area contributed by atoms with Gasteiger partial charge in [0, 0.05) is 0 Å². The average molecular weight is 174 g/mol. The highest BCUT2D eigenvalue weighted by atomic mass is 14.2. The van der Waals surface area contributed by atoms with Crippen molar-refractivity contribution in [2.24, 2.45) is 11.8 Å². The molecular weight excluding hydrogens is 156 g/mol. The second-order valence-corrected chi connectivity index (χ2v) is 4.42. The van der Waals surface area contributed by atoms with Crippen molar-refractivity contribution in [2.45, 2.75) is 33.1 Å². The van der Waals surface area contributed by atoms with Crippen LogP contribution >= 0.6 is 0 Å². The summed E-state index contributed by atoms with van der Waals surface area (Å²) in [6.45, 7) is 4.59. The Kier molecular flexibility index (Phi) is 2.39. The highest BCUT2D eigenvalue weighted by Gasteiger charge is 2.16. The number of hydrogen-bond donors (Lipinski definition) is 0. The van der Waals surface area contributed by atoms with Gasteiger partial charge in [-0.2, -0.15) is 0 Å². The number of rotatable bonds is 1. The average Bonchev–Trinajstić information content (AvgIpc) is 2.17. The maximum Gasteiger partial charge on any atom is -0.00211 e. The van der Waals surface area contributed by atoms with Crippen LogP contribution in [0.4, 0.5) is 0 Å². The van der Waals surface area contributed by atoms with Gasteiger partial charge in [0.15, 0.2) is 0 Å². The fourth-order valence-electron chi connectivity index (χ4n) is 2.10. The van der Waals surface area contributed by atoms with E-state index in [1.165, 1.54) is 24.8 Å². The molecule has 0 aromatic carbocycles. The van der Waals surface area contributed by atoms with Crippen molar-refractivity contribution in [1.82, 2.24) is 0 Å². The van der Waals surface area contributed by atoms with Crippen molar-refractivity contribution in [3.8, 4) is 0 Å². The lowest BCUT2D eigenvalue weighted by Gasteiger charge is -2.23. The van der Waals surface area contributed by atoms with Crippen molar-refractivity contribution in [3.05, 3.63) is 35.5 Å². The van der Waals surface area contributed by atoms with Crippen LogP contribution in [0.3, 0.4) is 0 Å². The van der Waals surface area contributed by atoms with Gasteiger partial charge >= 0.3 is 0 Å². The van der Waals surface area contributed by atoms with Gasteiger partial charge < -0.3 is 0 Å². The third-order valence-electron chi connectivity index (χ3n) is 3.05. The van der Waals surface area contributed by atoms with Gasteiger partial charge in [0.25, 0.3) is 0 Å². The summed E-state index contributed by atoms with van der Waals surface area (Å²) in [6, 6.07) is 0. The Morgan fingerprint density at radius 2 is 2.23 bits per heavy atom. The summed E-state index contributed by atoms with van der Waals surface area (Å²) in [6.07, 6.45) is 13.4. The molecule has 0 heterocycles. The van der Waals surface area contributed by atoms with Crippen LogP contribution in [0.2, 0.25) is 0 Å². The first-order chi connectivity index (χ1) is 6.27. The van der Waals surface area contributed by atoms with E-state index in [2.05, 4.69) is 38.2 Å². The highest BCUT2D eigenvalue weighted by molar-refractivity contribution is 5.45. The number of allylic oxidation sites excluding steroid dienone is 6. The van der Waals surface area contributed by atoms with E-state index in [1.807, 2.05) is 0 Å². The van der Waals surface area contributed by atoms with Crippen molar-refractivity contribution >= 4 is 0 Å². The molecule has 0 heteroatoms. The molecule has 1 unspecified atom stereocenters. The van der Waals surface area contributed by atoms with Crippen LogP contribution in [0.5, 0.6) is 0 Å². The van der Waals surface area contributed by atoms with Crippen LogP contribution in [-0.2, 0) is 0 Å². The summed E-state index contributed by atoms with van der Waals surface area (Å²) in [5.74, 6) is 1.41. The third kappa shape index (κ3) is 1.77. The summed E-state index contributed by atoms with van der Waals surface area (Å²) < 4.78 is 0. The molecule has 0 bridgehead atoms. The molecule has 0 nitrogen and oxygen atoms in total. The molecule has 0 saturated carbocycles. The first-order valence-electron chi connectivity index (χ1n) is 5.37. The maximum absolute atomic E-state index is 2.47. The zero-order valence-electron chi connectivity index (χ0n) is 8.59. The van der Waals surface area contributed by atoms with Crippen molar-refractivity contribution < 1.29 is 0 Å². The van der Waals surface area contributed by atoms with Crippen LogP contribution in [-0.4, -0.2) is 0 Å². The van der Waals surface area contributed by atoms with E-state index in [-0.39, 0.29) is 0 Å². The normalized spacial score (nSPS) is 26.8. The molecule has 0 N–H and O–H groups in total. The molecule has 1 atom stereocenters. The standard InChI is InChI=1S/C13H18/c1-10(2)12-8-7-11-5-3-4-6-13(11)9-12/h5,7-10,12H,3-4,6H2,1-2H3. The second kappa shape index (κ2) is 3.53. The number of fused-ring (bicyclic) bond motifs is 1. The highest BCUT2D eigenvalue weighted by Crippen LogP contribution is 2.32. The molecule has 0 amide bonds. The Hall–Kier alpha value is -0.780. The molecule has 0 aromatic heterocycles. The molecule has 2 aliphatic rings. The molecular formula is C13H18. The maximum atomic E-state index is 2.47. The predicted molar refractivity (Wildman–Crippen MR) is 57.5 cm³/mol. The van der Waals surface area contributed by atoms with E-state index < -0.39 is 0 Å². The van der Waals surface area contributed by atoms with E-state index >= 15 is 0 Å². The van der Waals surface area contributed by atoms with Gasteiger partial charge in [0.2, 0.25) is 0 Å². The zero-order valence-corrected chi connectivity index (χ0v) is 8.59. The Labute approximate surface area is 81.0 Å². The first kappa shape index (κ1) is 8.80. The fourth-order valence-corrected chi connectivity index (χ4v) is 2.10. The molecule has 0 aliphatic heterocycles. The van der Waals surface area contributed by atoms with Gasteiger partial charge in [-0.15, -0.1) is 0 Å². The van der Waals surface area contributed by atoms with E-state index in [0.29, 0.717) is 5.92 Å².